The summed E-state index contributed by atoms with van der Waals surface area (Å²) in [4.78, 5) is 22.6. The zero-order chi connectivity index (χ0) is 16.9. The van der Waals surface area contributed by atoms with Gasteiger partial charge in [-0.3, -0.25) is 4.79 Å². The Hall–Kier alpha value is -2.34. The highest BCUT2D eigenvalue weighted by Gasteiger charge is 2.29. The predicted octanol–water partition coefficient (Wildman–Crippen LogP) is 2.54. The molecule has 6 heteroatoms. The third-order valence-corrected chi connectivity index (χ3v) is 4.04. The Morgan fingerprint density at radius 3 is 2.67 bits per heavy atom. The molecule has 126 valence electrons. The molecule has 1 amide bonds. The Morgan fingerprint density at radius 1 is 1.25 bits per heavy atom. The summed E-state index contributed by atoms with van der Waals surface area (Å²) in [6.45, 7) is 2.98. The number of ether oxygens (including phenoxy) is 1. The summed E-state index contributed by atoms with van der Waals surface area (Å²) in [5.74, 6) is 0.449. The van der Waals surface area contributed by atoms with E-state index < -0.39 is 0 Å². The van der Waals surface area contributed by atoms with Gasteiger partial charge in [-0.2, -0.15) is 0 Å². The van der Waals surface area contributed by atoms with E-state index in [0.29, 0.717) is 31.8 Å². The fraction of sp³-hybridized carbons (Fsp3) is 0.389. The van der Waals surface area contributed by atoms with Crippen molar-refractivity contribution in [3.63, 3.8) is 0 Å². The van der Waals surface area contributed by atoms with Crippen LogP contribution in [-0.4, -0.2) is 40.0 Å². The lowest BCUT2D eigenvalue weighted by Gasteiger charge is -2.37. The molecule has 2 unspecified atom stereocenters. The van der Waals surface area contributed by atoms with Crippen LogP contribution in [0.25, 0.3) is 0 Å². The first-order chi connectivity index (χ1) is 11.6. The Labute approximate surface area is 140 Å². The maximum absolute atomic E-state index is 13.1. The van der Waals surface area contributed by atoms with Gasteiger partial charge in [-0.15, -0.1) is 0 Å². The molecule has 2 atom stereocenters. The highest BCUT2D eigenvalue weighted by molar-refractivity contribution is 5.76. The second kappa shape index (κ2) is 7.49. The van der Waals surface area contributed by atoms with Crippen molar-refractivity contribution in [2.45, 2.75) is 32.0 Å². The second-order valence-corrected chi connectivity index (χ2v) is 5.95. The monoisotopic (exact) mass is 329 g/mol. The normalized spacial score (nSPS) is 20.8. The fourth-order valence-electron chi connectivity index (χ4n) is 2.85. The van der Waals surface area contributed by atoms with Gasteiger partial charge >= 0.3 is 0 Å². The molecule has 0 N–H and O–H groups in total. The first-order valence-corrected chi connectivity index (χ1v) is 8.06. The van der Waals surface area contributed by atoms with Crippen molar-refractivity contribution in [1.82, 2.24) is 14.9 Å². The van der Waals surface area contributed by atoms with E-state index in [9.17, 15) is 9.18 Å². The summed E-state index contributed by atoms with van der Waals surface area (Å²) in [5.41, 5.74) is 0.882. The summed E-state index contributed by atoms with van der Waals surface area (Å²) in [5, 5.41) is 0. The third-order valence-electron chi connectivity index (χ3n) is 4.04. The number of amides is 1. The molecule has 1 aliphatic rings. The largest absolute Gasteiger partial charge is 0.367 e. The van der Waals surface area contributed by atoms with Gasteiger partial charge in [0.15, 0.2) is 0 Å². The highest BCUT2D eigenvalue weighted by atomic mass is 19.1. The molecule has 5 nitrogen and oxygen atoms in total. The van der Waals surface area contributed by atoms with E-state index in [-0.39, 0.29) is 23.9 Å². The van der Waals surface area contributed by atoms with Gasteiger partial charge in [0.05, 0.1) is 12.6 Å². The third kappa shape index (κ3) is 4.14. The molecule has 2 heterocycles. The summed E-state index contributed by atoms with van der Waals surface area (Å²) in [6, 6.07) is 7.99. The molecule has 1 aliphatic heterocycles. The van der Waals surface area contributed by atoms with Gasteiger partial charge in [-0.25, -0.2) is 14.4 Å². The van der Waals surface area contributed by atoms with E-state index >= 15 is 0 Å². The van der Waals surface area contributed by atoms with Crippen LogP contribution in [0.3, 0.4) is 0 Å². The minimum Gasteiger partial charge on any atom is -0.367 e. The number of aromatic nitrogens is 2. The van der Waals surface area contributed by atoms with Crippen LogP contribution in [-0.2, 0) is 16.0 Å². The second-order valence-electron chi connectivity index (χ2n) is 5.95. The average molecular weight is 329 g/mol. The van der Waals surface area contributed by atoms with Gasteiger partial charge in [0.1, 0.15) is 17.7 Å². The molecule has 0 spiro atoms. The van der Waals surface area contributed by atoms with Crippen molar-refractivity contribution in [2.24, 2.45) is 0 Å². The summed E-state index contributed by atoms with van der Waals surface area (Å²) in [6.07, 6.45) is 3.94. The van der Waals surface area contributed by atoms with Crippen LogP contribution in [0.1, 0.15) is 30.8 Å². The summed E-state index contributed by atoms with van der Waals surface area (Å²) in [7, 11) is 0. The zero-order valence-corrected chi connectivity index (χ0v) is 13.6. The Balaban J connectivity index is 1.62. The van der Waals surface area contributed by atoms with Gasteiger partial charge in [0, 0.05) is 31.8 Å². The Morgan fingerprint density at radius 2 is 1.96 bits per heavy atom. The summed E-state index contributed by atoms with van der Waals surface area (Å²) < 4.78 is 19.0. The molecule has 0 radical (unpaired) electrons. The number of halogens is 1. The van der Waals surface area contributed by atoms with Crippen molar-refractivity contribution in [2.75, 3.05) is 13.1 Å². The SMILES string of the molecule is CC1CN(C(=O)CCc2ncccn2)CC(c2ccc(F)cc2)O1. The topological polar surface area (TPSA) is 55.3 Å². The van der Waals surface area contributed by atoms with Gasteiger partial charge in [0.2, 0.25) is 5.91 Å². The quantitative estimate of drug-likeness (QED) is 0.865. The molecule has 3 rings (SSSR count). The number of benzene rings is 1. The number of carbonyl (C=O) groups excluding carboxylic acids is 1. The maximum Gasteiger partial charge on any atom is 0.223 e. The first-order valence-electron chi connectivity index (χ1n) is 8.06. The molecule has 1 aromatic heterocycles. The summed E-state index contributed by atoms with van der Waals surface area (Å²) >= 11 is 0. The first kappa shape index (κ1) is 16.5. The van der Waals surface area contributed by atoms with Gasteiger partial charge in [-0.1, -0.05) is 12.1 Å². The number of hydrogen-bond donors (Lipinski definition) is 0. The molecular weight excluding hydrogens is 309 g/mol. The lowest BCUT2D eigenvalue weighted by molar-refractivity contribution is -0.144. The van der Waals surface area contributed by atoms with Crippen molar-refractivity contribution in [3.8, 4) is 0 Å². The predicted molar refractivity (Wildman–Crippen MR) is 86.6 cm³/mol. The molecule has 1 aromatic carbocycles. The maximum atomic E-state index is 13.1. The number of carbonyl (C=O) groups is 1. The zero-order valence-electron chi connectivity index (χ0n) is 13.6. The van der Waals surface area contributed by atoms with Crippen LogP contribution in [0.15, 0.2) is 42.7 Å². The van der Waals surface area contributed by atoms with E-state index in [4.69, 9.17) is 4.74 Å². The molecule has 24 heavy (non-hydrogen) atoms. The van der Waals surface area contributed by atoms with Gasteiger partial charge in [-0.05, 0) is 30.7 Å². The average Bonchev–Trinajstić information content (AvgIpc) is 2.60. The molecule has 0 aliphatic carbocycles. The van der Waals surface area contributed by atoms with E-state index in [1.807, 2.05) is 11.8 Å². The highest BCUT2D eigenvalue weighted by Crippen LogP contribution is 2.25. The minimum absolute atomic E-state index is 0.0599. The molecular formula is C18H20FN3O2. The van der Waals surface area contributed by atoms with Crippen LogP contribution < -0.4 is 0 Å². The smallest absolute Gasteiger partial charge is 0.223 e. The van der Waals surface area contributed by atoms with Crippen LogP contribution in [0.4, 0.5) is 4.39 Å². The number of morpholine rings is 1. The van der Waals surface area contributed by atoms with Gasteiger partial charge < -0.3 is 9.64 Å². The molecule has 1 saturated heterocycles. The number of rotatable bonds is 4. The Kier molecular flexibility index (Phi) is 5.15. The number of aryl methyl sites for hydroxylation is 1. The molecule has 2 aromatic rings. The molecule has 0 bridgehead atoms. The van der Waals surface area contributed by atoms with E-state index in [1.165, 1.54) is 12.1 Å². The van der Waals surface area contributed by atoms with Crippen LogP contribution in [0, 0.1) is 5.82 Å². The van der Waals surface area contributed by atoms with Crippen molar-refractivity contribution >= 4 is 5.91 Å². The molecule has 0 saturated carbocycles. The lowest BCUT2D eigenvalue weighted by atomic mass is 10.1. The van der Waals surface area contributed by atoms with Crippen molar-refractivity contribution in [1.29, 1.82) is 0 Å². The van der Waals surface area contributed by atoms with E-state index in [0.717, 1.165) is 5.56 Å². The number of nitrogens with zero attached hydrogens (tertiary/aromatic N) is 3. The van der Waals surface area contributed by atoms with Crippen molar-refractivity contribution in [3.05, 3.63) is 59.9 Å². The fourth-order valence-corrected chi connectivity index (χ4v) is 2.85. The number of hydrogen-bond acceptors (Lipinski definition) is 4. The van der Waals surface area contributed by atoms with Crippen LogP contribution in [0.2, 0.25) is 0 Å². The van der Waals surface area contributed by atoms with E-state index in [1.54, 1.807) is 30.6 Å². The van der Waals surface area contributed by atoms with E-state index in [2.05, 4.69) is 9.97 Å². The van der Waals surface area contributed by atoms with Crippen LogP contribution in [0.5, 0.6) is 0 Å². The molecule has 1 fully saturated rings. The lowest BCUT2D eigenvalue weighted by Crippen LogP contribution is -2.46. The van der Waals surface area contributed by atoms with Crippen LogP contribution >= 0.6 is 0 Å². The minimum atomic E-state index is -0.279. The van der Waals surface area contributed by atoms with Gasteiger partial charge in [0.25, 0.3) is 0 Å². The Bertz CT molecular complexity index is 678. The standard InChI is InChI=1S/C18H20FN3O2/c1-13-11-22(18(23)8-7-17-20-9-2-10-21-17)12-16(24-13)14-3-5-15(19)6-4-14/h2-6,9-10,13,16H,7-8,11-12H2,1H3. The van der Waals surface area contributed by atoms with Crippen molar-refractivity contribution < 1.29 is 13.9 Å².